The molecule has 0 N–H and O–H groups in total. The van der Waals surface area contributed by atoms with Crippen LogP contribution in [0.1, 0.15) is 25.0 Å². The van der Waals surface area contributed by atoms with Gasteiger partial charge in [-0.1, -0.05) is 48.6 Å². The van der Waals surface area contributed by atoms with E-state index in [4.69, 9.17) is 0 Å². The highest BCUT2D eigenvalue weighted by atomic mass is 15.1. The summed E-state index contributed by atoms with van der Waals surface area (Å²) in [7, 11) is 2.14. The van der Waals surface area contributed by atoms with Crippen LogP contribution in [0.25, 0.3) is 34.0 Å². The minimum Gasteiger partial charge on any atom is -0.372 e. The molecule has 3 aromatic carbocycles. The average Bonchev–Trinajstić information content (AvgIpc) is 2.75. The average molecular weight is 368 g/mol. The molecule has 0 bridgehead atoms. The van der Waals surface area contributed by atoms with E-state index in [2.05, 4.69) is 115 Å². The molecule has 1 aromatic heterocycles. The number of anilines is 1. The zero-order valence-electron chi connectivity index (χ0n) is 16.9. The number of pyridine rings is 1. The molecule has 4 aromatic rings. The van der Waals surface area contributed by atoms with Gasteiger partial charge in [-0.3, -0.25) is 0 Å². The van der Waals surface area contributed by atoms with E-state index >= 15 is 0 Å². The van der Waals surface area contributed by atoms with Crippen molar-refractivity contribution < 1.29 is 4.57 Å². The number of nitrogens with zero attached hydrogens (tertiary/aromatic N) is 2. The molecule has 0 unspecified atom stereocenters. The summed E-state index contributed by atoms with van der Waals surface area (Å²) in [5.74, 6) is 0. The Morgan fingerprint density at radius 2 is 1.25 bits per heavy atom. The van der Waals surface area contributed by atoms with Crippen LogP contribution < -0.4 is 9.47 Å². The van der Waals surface area contributed by atoms with E-state index in [-0.39, 0.29) is 0 Å². The first kappa shape index (κ1) is 18.2. The van der Waals surface area contributed by atoms with Crippen molar-refractivity contribution in [2.45, 2.75) is 13.8 Å². The Labute approximate surface area is 167 Å². The Balaban J connectivity index is 1.80. The minimum absolute atomic E-state index is 1.03. The van der Waals surface area contributed by atoms with Crippen molar-refractivity contribution in [3.8, 4) is 0 Å². The van der Waals surface area contributed by atoms with Crippen molar-refractivity contribution in [3.63, 3.8) is 0 Å². The molecule has 2 heteroatoms. The van der Waals surface area contributed by atoms with Gasteiger partial charge in [-0.2, -0.15) is 4.57 Å². The van der Waals surface area contributed by atoms with Gasteiger partial charge in [0.2, 0.25) is 11.0 Å². The van der Waals surface area contributed by atoms with Gasteiger partial charge in [0.05, 0.1) is 10.8 Å². The first-order valence-corrected chi connectivity index (χ1v) is 10.1. The largest absolute Gasteiger partial charge is 0.372 e. The number of aromatic nitrogens is 1. The van der Waals surface area contributed by atoms with Gasteiger partial charge in [-0.15, -0.1) is 0 Å². The molecular weight excluding hydrogens is 340 g/mol. The van der Waals surface area contributed by atoms with Gasteiger partial charge in [0.1, 0.15) is 7.05 Å². The molecule has 0 aliphatic rings. The second-order valence-electron chi connectivity index (χ2n) is 7.10. The fourth-order valence-corrected chi connectivity index (χ4v) is 4.01. The van der Waals surface area contributed by atoms with E-state index in [0.29, 0.717) is 0 Å². The van der Waals surface area contributed by atoms with E-state index in [1.807, 2.05) is 0 Å². The van der Waals surface area contributed by atoms with Crippen LogP contribution >= 0.6 is 0 Å². The van der Waals surface area contributed by atoms with E-state index in [9.17, 15) is 0 Å². The lowest BCUT2D eigenvalue weighted by atomic mass is 10.0. The monoisotopic (exact) mass is 367 g/mol. The summed E-state index contributed by atoms with van der Waals surface area (Å²) in [6, 6.07) is 26.1. The third-order valence-electron chi connectivity index (χ3n) is 5.58. The number of benzene rings is 3. The SMILES string of the molecule is CCN(CC)c1ccc(/C=C/c2c3ccccc3[n+](C)c3ccccc23)cc1. The minimum atomic E-state index is 1.03. The molecule has 140 valence electrons. The molecule has 0 saturated carbocycles. The second-order valence-corrected chi connectivity index (χ2v) is 7.10. The molecule has 0 amide bonds. The first-order valence-electron chi connectivity index (χ1n) is 10.1. The third kappa shape index (κ3) is 3.27. The quantitative estimate of drug-likeness (QED) is 0.318. The van der Waals surface area contributed by atoms with Gasteiger partial charge in [0.15, 0.2) is 0 Å². The van der Waals surface area contributed by atoms with E-state index < -0.39 is 0 Å². The van der Waals surface area contributed by atoms with Gasteiger partial charge in [0.25, 0.3) is 0 Å². The van der Waals surface area contributed by atoms with Crippen LogP contribution in [0.3, 0.4) is 0 Å². The van der Waals surface area contributed by atoms with Crippen molar-refractivity contribution in [1.82, 2.24) is 0 Å². The Hall–Kier alpha value is -3.13. The Morgan fingerprint density at radius 3 is 1.79 bits per heavy atom. The van der Waals surface area contributed by atoms with Crippen molar-refractivity contribution in [2.75, 3.05) is 18.0 Å². The summed E-state index contributed by atoms with van der Waals surface area (Å²) in [6.45, 7) is 6.46. The van der Waals surface area contributed by atoms with Crippen LogP contribution in [0.5, 0.6) is 0 Å². The van der Waals surface area contributed by atoms with Crippen LogP contribution in [-0.4, -0.2) is 13.1 Å². The molecule has 0 atom stereocenters. The second kappa shape index (κ2) is 7.85. The van der Waals surface area contributed by atoms with Crippen molar-refractivity contribution in [1.29, 1.82) is 0 Å². The highest BCUT2D eigenvalue weighted by Crippen LogP contribution is 2.26. The molecule has 0 aliphatic heterocycles. The van der Waals surface area contributed by atoms with Crippen LogP contribution in [0.15, 0.2) is 72.8 Å². The number of aryl methyl sites for hydroxylation is 1. The van der Waals surface area contributed by atoms with E-state index in [0.717, 1.165) is 13.1 Å². The fraction of sp³-hybridized carbons (Fsp3) is 0.192. The summed E-state index contributed by atoms with van der Waals surface area (Å²) in [4.78, 5) is 2.37. The maximum absolute atomic E-state index is 2.37. The van der Waals surface area contributed by atoms with Crippen molar-refractivity contribution >= 4 is 39.6 Å². The number of fused-ring (bicyclic) bond motifs is 2. The summed E-state index contributed by atoms with van der Waals surface area (Å²) < 4.78 is 2.28. The predicted octanol–water partition coefficient (Wildman–Crippen LogP) is 5.83. The van der Waals surface area contributed by atoms with Crippen LogP contribution in [0, 0.1) is 0 Å². The van der Waals surface area contributed by atoms with Crippen LogP contribution in [-0.2, 0) is 7.05 Å². The summed E-state index contributed by atoms with van der Waals surface area (Å²) in [6.07, 6.45) is 4.48. The van der Waals surface area contributed by atoms with E-state index in [1.165, 1.54) is 38.6 Å². The molecule has 28 heavy (non-hydrogen) atoms. The lowest BCUT2D eigenvalue weighted by Gasteiger charge is -2.20. The van der Waals surface area contributed by atoms with Gasteiger partial charge >= 0.3 is 0 Å². The number of hydrogen-bond donors (Lipinski definition) is 0. The topological polar surface area (TPSA) is 7.12 Å². The Morgan fingerprint density at radius 1 is 0.714 bits per heavy atom. The standard InChI is InChI=1S/C26H27N2/c1-4-28(5-2)21-17-14-20(15-18-21)16-19-22-23-10-6-8-12-25(23)27(3)26-13-9-7-11-24(22)26/h6-19H,4-5H2,1-3H3/q+1. The number of rotatable bonds is 5. The zero-order chi connectivity index (χ0) is 19.5. The van der Waals surface area contributed by atoms with E-state index in [1.54, 1.807) is 0 Å². The van der Waals surface area contributed by atoms with Crippen molar-refractivity contribution in [3.05, 3.63) is 83.9 Å². The fourth-order valence-electron chi connectivity index (χ4n) is 4.01. The molecule has 0 saturated heterocycles. The van der Waals surface area contributed by atoms with Gasteiger partial charge in [0, 0.05) is 36.5 Å². The van der Waals surface area contributed by atoms with Gasteiger partial charge in [-0.05, 0) is 43.7 Å². The van der Waals surface area contributed by atoms with Crippen LogP contribution in [0.4, 0.5) is 5.69 Å². The lowest BCUT2D eigenvalue weighted by molar-refractivity contribution is -0.617. The molecular formula is C26H27N2+. The maximum atomic E-state index is 2.37. The number of para-hydroxylation sites is 2. The molecule has 2 nitrogen and oxygen atoms in total. The summed E-state index contributed by atoms with van der Waals surface area (Å²) in [5, 5.41) is 2.56. The molecule has 4 rings (SSSR count). The lowest BCUT2D eigenvalue weighted by Crippen LogP contribution is -2.30. The summed E-state index contributed by atoms with van der Waals surface area (Å²) >= 11 is 0. The maximum Gasteiger partial charge on any atom is 0.213 e. The zero-order valence-corrected chi connectivity index (χ0v) is 16.9. The highest BCUT2D eigenvalue weighted by molar-refractivity contribution is 6.01. The molecule has 1 heterocycles. The Kier molecular flexibility index (Phi) is 5.12. The molecule has 0 aliphatic carbocycles. The normalized spacial score (nSPS) is 11.5. The third-order valence-corrected chi connectivity index (χ3v) is 5.58. The summed E-state index contributed by atoms with van der Waals surface area (Å²) in [5.41, 5.74) is 6.27. The molecule has 0 fully saturated rings. The predicted molar refractivity (Wildman–Crippen MR) is 122 cm³/mol. The van der Waals surface area contributed by atoms with Gasteiger partial charge in [-0.25, -0.2) is 0 Å². The molecule has 0 radical (unpaired) electrons. The van der Waals surface area contributed by atoms with Crippen LogP contribution in [0.2, 0.25) is 0 Å². The van der Waals surface area contributed by atoms with Gasteiger partial charge < -0.3 is 4.90 Å². The smallest absolute Gasteiger partial charge is 0.213 e. The first-order chi connectivity index (χ1) is 13.7. The number of hydrogen-bond acceptors (Lipinski definition) is 1. The Bertz CT molecular complexity index is 1080. The highest BCUT2D eigenvalue weighted by Gasteiger charge is 2.15. The van der Waals surface area contributed by atoms with Crippen molar-refractivity contribution in [2.24, 2.45) is 7.05 Å². The molecule has 0 spiro atoms.